The first-order valence-corrected chi connectivity index (χ1v) is 25.5. The Bertz CT molecular complexity index is 464. The van der Waals surface area contributed by atoms with E-state index in [9.17, 15) is 0 Å². The lowest BCUT2D eigenvalue weighted by molar-refractivity contribution is 0.0776. The van der Waals surface area contributed by atoms with E-state index in [4.69, 9.17) is 19.6 Å². The van der Waals surface area contributed by atoms with Crippen LogP contribution in [0.1, 0.15) is 19.3 Å². The van der Waals surface area contributed by atoms with E-state index < -0.39 is 32.9 Å². The third-order valence-electron chi connectivity index (χ3n) is 6.07. The normalized spacial score (nSPS) is 21.0. The van der Waals surface area contributed by atoms with Gasteiger partial charge in [0.25, 0.3) is 0 Å². The van der Waals surface area contributed by atoms with Crippen LogP contribution >= 0.6 is 0 Å². The van der Waals surface area contributed by atoms with Gasteiger partial charge in [0.1, 0.15) is 16.5 Å². The molecule has 0 bridgehead atoms. The SMILES string of the molecule is COCCC[Si](C)(C)C.C[Si](C)(CCCN)N1CCC[Si]1(C)C.C[Si]1(C)COCCO1. The van der Waals surface area contributed by atoms with E-state index in [0.717, 1.165) is 32.6 Å². The van der Waals surface area contributed by atoms with Crippen molar-refractivity contribution in [3.63, 3.8) is 0 Å². The summed E-state index contributed by atoms with van der Waals surface area (Å²) in [7, 11) is -2.43. The van der Waals surface area contributed by atoms with Crippen molar-refractivity contribution in [1.29, 1.82) is 0 Å². The number of nitrogens with two attached hydrogens (primary N) is 1. The average Bonchev–Trinajstić information content (AvgIpc) is 3.00. The van der Waals surface area contributed by atoms with Gasteiger partial charge in [-0.3, -0.25) is 0 Å². The average molecular weight is 509 g/mol. The van der Waals surface area contributed by atoms with Crippen molar-refractivity contribution in [2.24, 2.45) is 5.73 Å². The smallest absolute Gasteiger partial charge is 0.212 e. The minimum Gasteiger partial charge on any atom is -0.413 e. The standard InChI is InChI=1S/C10H26N2Si2.C7H18OSi.C5H12O2Si/c1-13(2,9-5-7-11)12-8-6-10-14(12,3)4;1-8-6-5-7-9(2,3)4;1-8(2)5-6-3-4-7-8/h5-11H2,1-4H3;5-7H2,1-4H3;3-5H2,1-2H3. The number of ether oxygens (including phenoxy) is 2. The monoisotopic (exact) mass is 508 g/mol. The van der Waals surface area contributed by atoms with E-state index in [0.29, 0.717) is 0 Å². The van der Waals surface area contributed by atoms with E-state index in [1.54, 1.807) is 7.11 Å². The highest BCUT2D eigenvalue weighted by molar-refractivity contribution is 6.91. The third kappa shape index (κ3) is 15.2. The molecule has 0 aliphatic carbocycles. The lowest BCUT2D eigenvalue weighted by atomic mass is 10.5. The van der Waals surface area contributed by atoms with Crippen molar-refractivity contribution < 1.29 is 13.9 Å². The molecule has 2 N–H and O–H groups in total. The second-order valence-electron chi connectivity index (χ2n) is 12.1. The first kappa shape index (κ1) is 31.7. The quantitative estimate of drug-likeness (QED) is 0.342. The Balaban J connectivity index is 0.000000460. The van der Waals surface area contributed by atoms with Crippen molar-refractivity contribution in [3.8, 4) is 0 Å². The van der Waals surface area contributed by atoms with Crippen LogP contribution in [0.2, 0.25) is 77.1 Å². The summed E-state index contributed by atoms with van der Waals surface area (Å²) in [5, 5.41) is 0. The molecule has 0 saturated carbocycles. The predicted octanol–water partition coefficient (Wildman–Crippen LogP) is 5.59. The molecule has 0 unspecified atom stereocenters. The molecule has 5 nitrogen and oxygen atoms in total. The topological polar surface area (TPSA) is 57.0 Å². The van der Waals surface area contributed by atoms with Gasteiger partial charge in [0.2, 0.25) is 8.32 Å². The molecule has 2 heterocycles. The molecule has 2 fully saturated rings. The summed E-state index contributed by atoms with van der Waals surface area (Å²) in [5.41, 5.74) is 5.62. The summed E-state index contributed by atoms with van der Waals surface area (Å²) in [6.45, 7) is 26.4. The highest BCUT2D eigenvalue weighted by Gasteiger charge is 2.43. The van der Waals surface area contributed by atoms with Gasteiger partial charge in [-0.25, -0.2) is 0 Å². The molecule has 0 aromatic heterocycles. The summed E-state index contributed by atoms with van der Waals surface area (Å²) in [6.07, 6.45) is 4.78. The molecule has 9 heteroatoms. The van der Waals surface area contributed by atoms with Crippen LogP contribution in [0.15, 0.2) is 0 Å². The van der Waals surface area contributed by atoms with Crippen LogP contribution in [0.25, 0.3) is 0 Å². The van der Waals surface area contributed by atoms with Crippen molar-refractivity contribution >= 4 is 32.9 Å². The minimum atomic E-state index is -1.31. The molecule has 0 radical (unpaired) electrons. The molecular weight excluding hydrogens is 453 g/mol. The van der Waals surface area contributed by atoms with Gasteiger partial charge >= 0.3 is 0 Å². The Hall–Kier alpha value is 0.668. The fourth-order valence-electron chi connectivity index (χ4n) is 4.38. The molecule has 0 atom stereocenters. The summed E-state index contributed by atoms with van der Waals surface area (Å²) >= 11 is 0. The molecule has 0 aromatic carbocycles. The molecule has 0 spiro atoms. The Morgan fingerprint density at radius 3 is 1.97 bits per heavy atom. The van der Waals surface area contributed by atoms with Crippen molar-refractivity contribution in [2.45, 2.75) is 96.3 Å². The maximum absolute atomic E-state index is 5.62. The van der Waals surface area contributed by atoms with E-state index >= 15 is 0 Å². The van der Waals surface area contributed by atoms with E-state index in [1.807, 2.05) is 0 Å². The maximum atomic E-state index is 5.62. The highest BCUT2D eigenvalue weighted by atomic mass is 28.4. The minimum absolute atomic E-state index is 0.774. The highest BCUT2D eigenvalue weighted by Crippen LogP contribution is 2.32. The van der Waals surface area contributed by atoms with Gasteiger partial charge in [-0.1, -0.05) is 51.9 Å². The third-order valence-corrected chi connectivity index (χ3v) is 20.0. The Labute approximate surface area is 199 Å². The summed E-state index contributed by atoms with van der Waals surface area (Å²) in [5.74, 6) is 0. The van der Waals surface area contributed by atoms with Crippen molar-refractivity contribution in [3.05, 3.63) is 0 Å². The van der Waals surface area contributed by atoms with Crippen LogP contribution < -0.4 is 5.73 Å². The second-order valence-corrected chi connectivity index (χ2v) is 31.6. The number of hydrogen-bond donors (Lipinski definition) is 1. The molecule has 2 saturated heterocycles. The Morgan fingerprint density at radius 1 is 0.968 bits per heavy atom. The molecule has 2 rings (SSSR count). The van der Waals surface area contributed by atoms with E-state index in [-0.39, 0.29) is 0 Å². The lowest BCUT2D eigenvalue weighted by Crippen LogP contribution is -2.58. The van der Waals surface area contributed by atoms with Crippen molar-refractivity contribution in [2.75, 3.05) is 46.3 Å². The van der Waals surface area contributed by atoms with Crippen LogP contribution in [0.5, 0.6) is 0 Å². The van der Waals surface area contributed by atoms with Gasteiger partial charge in [0.05, 0.1) is 19.4 Å². The number of methoxy groups -OCH3 is 1. The molecule has 188 valence electrons. The maximum Gasteiger partial charge on any atom is 0.212 e. The van der Waals surface area contributed by atoms with E-state index in [2.05, 4.69) is 63.2 Å². The molecule has 2 aliphatic heterocycles. The summed E-state index contributed by atoms with van der Waals surface area (Å²) in [6, 6.07) is 4.28. The van der Waals surface area contributed by atoms with E-state index in [1.165, 1.54) is 43.9 Å². The fourth-order valence-corrected chi connectivity index (χ4v) is 18.3. The van der Waals surface area contributed by atoms with Crippen LogP contribution in [-0.2, 0) is 13.9 Å². The van der Waals surface area contributed by atoms with Crippen LogP contribution in [0.4, 0.5) is 0 Å². The Kier molecular flexibility index (Phi) is 15.1. The number of nitrogens with zero attached hydrogens (tertiary/aromatic N) is 1. The summed E-state index contributed by atoms with van der Waals surface area (Å²) in [4.78, 5) is 0. The molecule has 2 aliphatic rings. The van der Waals surface area contributed by atoms with Gasteiger partial charge < -0.3 is 23.9 Å². The fraction of sp³-hybridized carbons (Fsp3) is 1.00. The van der Waals surface area contributed by atoms with Crippen molar-refractivity contribution in [1.82, 2.24) is 4.23 Å². The number of hydrogen-bond acceptors (Lipinski definition) is 5. The van der Waals surface area contributed by atoms with Crippen LogP contribution in [-0.4, -0.2) is 83.3 Å². The largest absolute Gasteiger partial charge is 0.413 e. The van der Waals surface area contributed by atoms with Gasteiger partial charge in [-0.15, -0.1) is 0 Å². The first-order valence-electron chi connectivity index (χ1n) is 12.4. The van der Waals surface area contributed by atoms with Gasteiger partial charge in [0.15, 0.2) is 0 Å². The zero-order valence-electron chi connectivity index (χ0n) is 22.7. The zero-order chi connectivity index (χ0) is 24.2. The van der Waals surface area contributed by atoms with Gasteiger partial charge in [-0.05, 0) is 57.5 Å². The van der Waals surface area contributed by atoms with Crippen LogP contribution in [0.3, 0.4) is 0 Å². The molecular formula is C22H56N2O3Si4. The number of rotatable bonds is 8. The first-order chi connectivity index (χ1) is 14.2. The molecule has 0 amide bonds. The predicted molar refractivity (Wildman–Crippen MR) is 148 cm³/mol. The van der Waals surface area contributed by atoms with Crippen LogP contribution in [0, 0.1) is 0 Å². The van der Waals surface area contributed by atoms with Gasteiger partial charge in [-0.2, -0.15) is 0 Å². The summed E-state index contributed by atoms with van der Waals surface area (Å²) < 4.78 is 18.6. The molecule has 0 aromatic rings. The molecule has 31 heavy (non-hydrogen) atoms. The van der Waals surface area contributed by atoms with Gasteiger partial charge in [0, 0.05) is 21.8 Å². The Morgan fingerprint density at radius 2 is 1.61 bits per heavy atom. The second kappa shape index (κ2) is 14.8. The zero-order valence-corrected chi connectivity index (χ0v) is 26.7. The lowest BCUT2D eigenvalue weighted by Gasteiger charge is -2.42.